The minimum Gasteiger partial charge on any atom is -0.264 e. The standard InChI is InChI=1S/C10H13NO5S/c1-7(2)16-17(14,15)9-5-4-8(3)10(6-9)11(12)13/h4-7H,1-3H3. The van der Waals surface area contributed by atoms with Crippen molar-refractivity contribution in [2.24, 2.45) is 0 Å². The molecule has 17 heavy (non-hydrogen) atoms. The smallest absolute Gasteiger partial charge is 0.264 e. The fourth-order valence-electron chi connectivity index (χ4n) is 1.25. The molecule has 1 rings (SSSR count). The van der Waals surface area contributed by atoms with Crippen LogP contribution in [-0.4, -0.2) is 19.4 Å². The Balaban J connectivity index is 3.25. The fraction of sp³-hybridized carbons (Fsp3) is 0.400. The maximum absolute atomic E-state index is 11.7. The van der Waals surface area contributed by atoms with Gasteiger partial charge in [-0.25, -0.2) is 0 Å². The summed E-state index contributed by atoms with van der Waals surface area (Å²) in [5.41, 5.74) is 0.164. The number of nitrogens with zero attached hydrogens (tertiary/aromatic N) is 1. The van der Waals surface area contributed by atoms with Crippen LogP contribution in [0.3, 0.4) is 0 Å². The molecule has 0 saturated heterocycles. The Labute approximate surface area is 99.5 Å². The van der Waals surface area contributed by atoms with Crippen molar-refractivity contribution in [1.29, 1.82) is 0 Å². The van der Waals surface area contributed by atoms with E-state index < -0.39 is 21.1 Å². The van der Waals surface area contributed by atoms with Gasteiger partial charge in [-0.15, -0.1) is 0 Å². The monoisotopic (exact) mass is 259 g/mol. The van der Waals surface area contributed by atoms with Gasteiger partial charge in [-0.3, -0.25) is 14.3 Å². The average Bonchev–Trinajstić information content (AvgIpc) is 2.15. The Bertz CT molecular complexity index is 536. The third-order valence-electron chi connectivity index (χ3n) is 1.99. The zero-order valence-electron chi connectivity index (χ0n) is 9.71. The maximum atomic E-state index is 11.7. The van der Waals surface area contributed by atoms with Crippen LogP contribution in [0, 0.1) is 17.0 Å². The van der Waals surface area contributed by atoms with Gasteiger partial charge in [0.1, 0.15) is 4.90 Å². The van der Waals surface area contributed by atoms with E-state index in [1.54, 1.807) is 13.8 Å². The predicted octanol–water partition coefficient (Wildman–Crippen LogP) is 2.02. The minimum absolute atomic E-state index is 0.205. The van der Waals surface area contributed by atoms with Gasteiger partial charge in [0, 0.05) is 11.6 Å². The Kier molecular flexibility index (Phi) is 3.84. The molecule has 0 aliphatic rings. The quantitative estimate of drug-likeness (QED) is 0.469. The van der Waals surface area contributed by atoms with Gasteiger partial charge in [0.2, 0.25) is 0 Å². The minimum atomic E-state index is -3.94. The molecule has 0 N–H and O–H groups in total. The first kappa shape index (κ1) is 13.6. The SMILES string of the molecule is Cc1ccc(S(=O)(=O)OC(C)C)cc1[N+](=O)[O-]. The van der Waals surface area contributed by atoms with E-state index in [2.05, 4.69) is 0 Å². The lowest BCUT2D eigenvalue weighted by molar-refractivity contribution is -0.385. The highest BCUT2D eigenvalue weighted by Gasteiger charge is 2.21. The van der Waals surface area contributed by atoms with E-state index in [1.807, 2.05) is 0 Å². The van der Waals surface area contributed by atoms with Crippen molar-refractivity contribution in [3.8, 4) is 0 Å². The van der Waals surface area contributed by atoms with E-state index in [9.17, 15) is 18.5 Å². The van der Waals surface area contributed by atoms with Crippen LogP contribution in [0.2, 0.25) is 0 Å². The van der Waals surface area contributed by atoms with Gasteiger partial charge in [-0.05, 0) is 26.8 Å². The highest BCUT2D eigenvalue weighted by Crippen LogP contribution is 2.23. The third kappa shape index (κ3) is 3.24. The Morgan fingerprint density at radius 2 is 1.94 bits per heavy atom. The van der Waals surface area contributed by atoms with Gasteiger partial charge in [0.15, 0.2) is 0 Å². The molecule has 0 fully saturated rings. The van der Waals surface area contributed by atoms with E-state index in [4.69, 9.17) is 4.18 Å². The largest absolute Gasteiger partial charge is 0.297 e. The summed E-state index contributed by atoms with van der Waals surface area (Å²) in [6, 6.07) is 3.68. The third-order valence-corrected chi connectivity index (χ3v) is 3.45. The summed E-state index contributed by atoms with van der Waals surface area (Å²) in [7, 11) is -3.94. The van der Waals surface area contributed by atoms with Crippen molar-refractivity contribution in [3.05, 3.63) is 33.9 Å². The van der Waals surface area contributed by atoms with E-state index in [1.165, 1.54) is 19.1 Å². The average molecular weight is 259 g/mol. The van der Waals surface area contributed by atoms with E-state index in [0.29, 0.717) is 5.56 Å². The van der Waals surface area contributed by atoms with E-state index >= 15 is 0 Å². The van der Waals surface area contributed by atoms with Crippen LogP contribution in [0.15, 0.2) is 23.1 Å². The molecular weight excluding hydrogens is 246 g/mol. The second kappa shape index (κ2) is 4.80. The van der Waals surface area contributed by atoms with Crippen LogP contribution in [0.1, 0.15) is 19.4 Å². The normalized spacial score (nSPS) is 11.8. The highest BCUT2D eigenvalue weighted by molar-refractivity contribution is 7.86. The molecule has 6 nitrogen and oxygen atoms in total. The Hall–Kier alpha value is -1.47. The Morgan fingerprint density at radius 1 is 1.35 bits per heavy atom. The lowest BCUT2D eigenvalue weighted by atomic mass is 10.2. The molecular formula is C10H13NO5S. The zero-order chi connectivity index (χ0) is 13.2. The number of nitro benzene ring substituents is 1. The molecule has 0 bridgehead atoms. The van der Waals surface area contributed by atoms with Gasteiger partial charge in [-0.2, -0.15) is 8.42 Å². The zero-order valence-corrected chi connectivity index (χ0v) is 10.5. The fourth-order valence-corrected chi connectivity index (χ4v) is 2.36. The molecule has 0 heterocycles. The van der Waals surface area contributed by atoms with Crippen molar-refractivity contribution in [2.75, 3.05) is 0 Å². The molecule has 1 aromatic rings. The van der Waals surface area contributed by atoms with Gasteiger partial charge in [-0.1, -0.05) is 6.07 Å². The van der Waals surface area contributed by atoms with Crippen molar-refractivity contribution >= 4 is 15.8 Å². The summed E-state index contributed by atoms with van der Waals surface area (Å²) < 4.78 is 28.1. The highest BCUT2D eigenvalue weighted by atomic mass is 32.2. The molecule has 94 valence electrons. The summed E-state index contributed by atoms with van der Waals surface area (Å²) in [5.74, 6) is 0. The molecule has 0 aliphatic carbocycles. The summed E-state index contributed by atoms with van der Waals surface area (Å²) in [5, 5.41) is 10.7. The molecule has 0 spiro atoms. The first-order valence-corrected chi connectivity index (χ1v) is 6.33. The van der Waals surface area contributed by atoms with Crippen LogP contribution in [0.25, 0.3) is 0 Å². The van der Waals surface area contributed by atoms with Crippen LogP contribution in [0.4, 0.5) is 5.69 Å². The molecule has 0 unspecified atom stereocenters. The van der Waals surface area contributed by atoms with E-state index in [-0.39, 0.29) is 10.6 Å². The molecule has 1 aromatic carbocycles. The van der Waals surface area contributed by atoms with Gasteiger partial charge in [0.05, 0.1) is 11.0 Å². The molecule has 7 heteroatoms. The summed E-state index contributed by atoms with van der Waals surface area (Å²) in [4.78, 5) is 9.87. The van der Waals surface area contributed by atoms with Crippen molar-refractivity contribution in [3.63, 3.8) is 0 Å². The summed E-state index contributed by atoms with van der Waals surface area (Å²) >= 11 is 0. The molecule has 0 saturated carbocycles. The van der Waals surface area contributed by atoms with Gasteiger partial charge >= 0.3 is 0 Å². The van der Waals surface area contributed by atoms with Gasteiger partial charge in [0.25, 0.3) is 15.8 Å². The topological polar surface area (TPSA) is 86.5 Å². The lowest BCUT2D eigenvalue weighted by Crippen LogP contribution is -2.12. The summed E-state index contributed by atoms with van der Waals surface area (Å²) in [6.07, 6.45) is -0.514. The second-order valence-electron chi connectivity index (χ2n) is 3.80. The molecule has 0 atom stereocenters. The predicted molar refractivity (Wildman–Crippen MR) is 61.2 cm³/mol. The Morgan fingerprint density at radius 3 is 2.41 bits per heavy atom. The van der Waals surface area contributed by atoms with Crippen LogP contribution in [0.5, 0.6) is 0 Å². The lowest BCUT2D eigenvalue weighted by Gasteiger charge is -2.08. The van der Waals surface area contributed by atoms with Gasteiger partial charge < -0.3 is 0 Å². The second-order valence-corrected chi connectivity index (χ2v) is 5.38. The molecule has 0 aliphatic heterocycles. The number of benzene rings is 1. The van der Waals surface area contributed by atoms with Crippen molar-refractivity contribution < 1.29 is 17.5 Å². The molecule has 0 amide bonds. The van der Waals surface area contributed by atoms with Crippen molar-refractivity contribution in [1.82, 2.24) is 0 Å². The molecule has 0 aromatic heterocycles. The van der Waals surface area contributed by atoms with Crippen molar-refractivity contribution in [2.45, 2.75) is 31.8 Å². The first-order chi connectivity index (χ1) is 7.74. The number of hydrogen-bond acceptors (Lipinski definition) is 5. The van der Waals surface area contributed by atoms with Crippen LogP contribution >= 0.6 is 0 Å². The molecule has 0 radical (unpaired) electrons. The maximum Gasteiger partial charge on any atom is 0.297 e. The van der Waals surface area contributed by atoms with Crippen LogP contribution in [-0.2, 0) is 14.3 Å². The number of nitro groups is 1. The van der Waals surface area contributed by atoms with Crippen LogP contribution < -0.4 is 0 Å². The summed E-state index contributed by atoms with van der Waals surface area (Å²) in [6.45, 7) is 4.68. The van der Waals surface area contributed by atoms with E-state index in [0.717, 1.165) is 6.07 Å². The first-order valence-electron chi connectivity index (χ1n) is 4.92. The number of hydrogen-bond donors (Lipinski definition) is 0. The number of aryl methyl sites for hydroxylation is 1. The number of rotatable bonds is 4.